The summed E-state index contributed by atoms with van der Waals surface area (Å²) >= 11 is 0.792. The monoisotopic (exact) mass is 440 g/mol. The predicted molar refractivity (Wildman–Crippen MR) is 100 cm³/mol. The molecule has 13 heteroatoms. The maximum absolute atomic E-state index is 12.7. The summed E-state index contributed by atoms with van der Waals surface area (Å²) in [6.45, 7) is 3.10. The summed E-state index contributed by atoms with van der Waals surface area (Å²) < 4.78 is 50.8. The Bertz CT molecular complexity index is 1010. The van der Waals surface area contributed by atoms with Crippen LogP contribution in [0.1, 0.15) is 32.0 Å². The summed E-state index contributed by atoms with van der Waals surface area (Å²) in [7, 11) is -8.51. The fourth-order valence-electron chi connectivity index (χ4n) is 2.61. The number of allylic oxidation sites excluding steroid dienone is 2. The highest BCUT2D eigenvalue weighted by Gasteiger charge is 2.51. The number of H-pyrrole nitrogens is 1. The van der Waals surface area contributed by atoms with Crippen LogP contribution in [-0.2, 0) is 24.7 Å². The zero-order chi connectivity index (χ0) is 18.6. The molecular weight excluding hydrogens is 424 g/mol. The number of amides is 1. The van der Waals surface area contributed by atoms with Gasteiger partial charge in [0.05, 0.1) is 18.1 Å². The van der Waals surface area contributed by atoms with Crippen molar-refractivity contribution in [3.05, 3.63) is 38.3 Å². The van der Waals surface area contributed by atoms with Crippen LogP contribution in [0.5, 0.6) is 0 Å². The Morgan fingerprint density at radius 1 is 1.50 bits per heavy atom. The number of imidazole rings is 1. The lowest BCUT2D eigenvalue weighted by Crippen LogP contribution is -2.37. The van der Waals surface area contributed by atoms with Gasteiger partial charge < -0.3 is 10.7 Å². The molecule has 0 saturated carbocycles. The van der Waals surface area contributed by atoms with E-state index >= 15 is 0 Å². The van der Waals surface area contributed by atoms with Gasteiger partial charge in [0.2, 0.25) is 15.7 Å². The van der Waals surface area contributed by atoms with Crippen molar-refractivity contribution in [3.8, 4) is 0 Å². The summed E-state index contributed by atoms with van der Waals surface area (Å²) in [5.74, 6) is -0.647. The number of thioether (sulfide) groups is 1. The van der Waals surface area contributed by atoms with Crippen molar-refractivity contribution < 1.29 is 21.6 Å². The third-order valence-corrected chi connectivity index (χ3v) is 10.2. The van der Waals surface area contributed by atoms with E-state index in [0.717, 1.165) is 17.8 Å². The average molecular weight is 441 g/mol. The lowest BCUT2D eigenvalue weighted by molar-refractivity contribution is -0.119. The van der Waals surface area contributed by atoms with E-state index < -0.39 is 40.8 Å². The third-order valence-electron chi connectivity index (χ3n) is 4.01. The summed E-state index contributed by atoms with van der Waals surface area (Å²) in [5, 5.41) is 0. The first-order valence-corrected chi connectivity index (χ1v) is 10.9. The molecule has 1 aromatic heterocycles. The van der Waals surface area contributed by atoms with Gasteiger partial charge in [0.15, 0.2) is 4.24 Å². The summed E-state index contributed by atoms with van der Waals surface area (Å²) in [6, 6.07) is -0.692. The van der Waals surface area contributed by atoms with E-state index in [4.69, 9.17) is 5.73 Å². The number of primary amides is 1. The lowest BCUT2D eigenvalue weighted by atomic mass is 10.0. The number of hydrogen-bond acceptors (Lipinski definition) is 7. The van der Waals surface area contributed by atoms with Gasteiger partial charge in [-0.3, -0.25) is 4.79 Å². The number of carbonyl (C=O) groups is 1. The van der Waals surface area contributed by atoms with Crippen LogP contribution in [0.15, 0.2) is 32.6 Å². The molecule has 3 heterocycles. The molecular formula is C13H17ClN4O5S3. The largest absolute Gasteiger partial charge is 0.368 e. The van der Waals surface area contributed by atoms with Crippen molar-refractivity contribution in [3.63, 3.8) is 0 Å². The fourth-order valence-corrected chi connectivity index (χ4v) is 8.54. The second kappa shape index (κ2) is 6.68. The summed E-state index contributed by atoms with van der Waals surface area (Å²) in [6.07, 6.45) is 4.00. The van der Waals surface area contributed by atoms with E-state index in [0.29, 0.717) is 11.3 Å². The van der Waals surface area contributed by atoms with Crippen LogP contribution in [0, 0.1) is 0 Å². The first-order valence-electron chi connectivity index (χ1n) is 7.17. The maximum Gasteiger partial charge on any atom is 0.252 e. The smallest absolute Gasteiger partial charge is 0.252 e. The highest BCUT2D eigenvalue weighted by atomic mass is 35.5. The van der Waals surface area contributed by atoms with E-state index in [2.05, 4.69) is 14.7 Å². The second-order valence-corrected chi connectivity index (χ2v) is 11.6. The van der Waals surface area contributed by atoms with Crippen molar-refractivity contribution in [1.29, 1.82) is 0 Å². The van der Waals surface area contributed by atoms with Crippen molar-refractivity contribution >= 4 is 49.9 Å². The Morgan fingerprint density at radius 3 is 2.65 bits per heavy atom. The molecule has 0 aliphatic carbocycles. The minimum absolute atomic E-state index is 0. The van der Waals surface area contributed by atoms with Crippen molar-refractivity contribution in [2.45, 2.75) is 31.1 Å². The number of aromatic amines is 1. The van der Waals surface area contributed by atoms with Crippen LogP contribution in [-0.4, -0.2) is 37.5 Å². The van der Waals surface area contributed by atoms with Crippen LogP contribution in [0.4, 0.5) is 0 Å². The van der Waals surface area contributed by atoms with Crippen molar-refractivity contribution in [2.24, 2.45) is 5.73 Å². The molecule has 26 heavy (non-hydrogen) atoms. The number of aromatic nitrogens is 2. The number of sulfonamides is 1. The molecule has 0 bridgehead atoms. The normalized spacial score (nSPS) is 25.4. The molecule has 4 N–H and O–H groups in total. The number of nitrogens with one attached hydrogen (secondary N) is 2. The molecule has 0 aromatic carbocycles. The number of carbonyl (C=O) groups excluding carboxylic acids is 1. The SMILES string of the molecule is C[C@@H](NS(=O)(=O)C1=CC2=C(S[C@@](C)(C(N)=O)C2)S1(=O)=O)c1cnc[nH]1.Cl. The first-order chi connectivity index (χ1) is 11.5. The summed E-state index contributed by atoms with van der Waals surface area (Å²) in [4.78, 5) is 18.1. The van der Waals surface area contributed by atoms with E-state index in [1.807, 2.05) is 0 Å². The highest BCUT2D eigenvalue weighted by molar-refractivity contribution is 8.26. The first kappa shape index (κ1) is 21.0. The van der Waals surface area contributed by atoms with E-state index in [1.165, 1.54) is 19.4 Å². The zero-order valence-corrected chi connectivity index (χ0v) is 17.0. The van der Waals surface area contributed by atoms with Crippen LogP contribution in [0.25, 0.3) is 0 Å². The van der Waals surface area contributed by atoms with Gasteiger partial charge in [0, 0.05) is 6.20 Å². The van der Waals surface area contributed by atoms with Crippen LogP contribution in [0.3, 0.4) is 0 Å². The number of sulfone groups is 1. The van der Waals surface area contributed by atoms with Crippen molar-refractivity contribution in [2.75, 3.05) is 0 Å². The number of nitrogens with zero attached hydrogens (tertiary/aromatic N) is 1. The van der Waals surface area contributed by atoms with Gasteiger partial charge in [-0.05, 0) is 31.9 Å². The Hall–Kier alpha value is -1.34. The van der Waals surface area contributed by atoms with Crippen LogP contribution >= 0.6 is 24.2 Å². The topological polar surface area (TPSA) is 152 Å². The Balaban J connectivity index is 0.00000243. The number of hydrogen-bond donors (Lipinski definition) is 3. The minimum Gasteiger partial charge on any atom is -0.368 e. The van der Waals surface area contributed by atoms with Crippen LogP contribution < -0.4 is 10.5 Å². The Morgan fingerprint density at radius 2 is 2.15 bits per heavy atom. The molecule has 3 rings (SSSR count). The van der Waals surface area contributed by atoms with Gasteiger partial charge in [-0.2, -0.15) is 0 Å². The standard InChI is InChI=1S/C13H16N4O5S3.ClH/c1-7(9-5-15-6-16-9)17-25(21,22)10-3-8-4-13(2,12(14)18)23-11(8)24(10,19)20;/h3,5-7,17H,4H2,1-2H3,(H2,14,18)(H,15,16);1H/t7-,13-;/m1./s1. The average Bonchev–Trinajstić information content (AvgIpc) is 3.16. The van der Waals surface area contributed by atoms with Gasteiger partial charge in [-0.1, -0.05) is 11.8 Å². The Labute approximate surface area is 161 Å². The number of halogens is 1. The van der Waals surface area contributed by atoms with Gasteiger partial charge in [0.1, 0.15) is 8.98 Å². The second-order valence-electron chi connectivity index (χ2n) is 6.00. The highest BCUT2D eigenvalue weighted by Crippen LogP contribution is 2.54. The molecule has 0 saturated heterocycles. The van der Waals surface area contributed by atoms with E-state index in [-0.39, 0.29) is 23.1 Å². The minimum atomic E-state index is -4.29. The van der Waals surface area contributed by atoms with Gasteiger partial charge in [-0.25, -0.2) is 26.5 Å². The lowest BCUT2D eigenvalue weighted by Gasteiger charge is -2.20. The zero-order valence-electron chi connectivity index (χ0n) is 13.7. The molecule has 1 aromatic rings. The maximum atomic E-state index is 12.7. The third kappa shape index (κ3) is 3.31. The molecule has 0 unspecified atom stereocenters. The molecule has 9 nitrogen and oxygen atoms in total. The molecule has 2 aliphatic rings. The van der Waals surface area contributed by atoms with Gasteiger partial charge >= 0.3 is 0 Å². The van der Waals surface area contributed by atoms with Crippen LogP contribution in [0.2, 0.25) is 0 Å². The quantitative estimate of drug-likeness (QED) is 0.608. The molecule has 0 radical (unpaired) electrons. The fraction of sp³-hybridized carbons (Fsp3) is 0.385. The molecule has 0 spiro atoms. The Kier molecular flexibility index (Phi) is 5.38. The van der Waals surface area contributed by atoms with Crippen molar-refractivity contribution in [1.82, 2.24) is 14.7 Å². The van der Waals surface area contributed by atoms with E-state index in [1.54, 1.807) is 6.92 Å². The molecule has 2 atom stereocenters. The van der Waals surface area contributed by atoms with Gasteiger partial charge in [0.25, 0.3) is 10.0 Å². The molecule has 2 aliphatic heterocycles. The molecule has 1 amide bonds. The predicted octanol–water partition coefficient (Wildman–Crippen LogP) is 0.674. The molecule has 144 valence electrons. The van der Waals surface area contributed by atoms with E-state index in [9.17, 15) is 21.6 Å². The molecule has 0 fully saturated rings. The number of rotatable bonds is 5. The number of nitrogens with two attached hydrogens (primary N) is 1. The summed E-state index contributed by atoms with van der Waals surface area (Å²) in [5.41, 5.74) is 6.11. The van der Waals surface area contributed by atoms with Gasteiger partial charge in [-0.15, -0.1) is 12.4 Å².